The lowest BCUT2D eigenvalue weighted by Gasteiger charge is -2.28. The van der Waals surface area contributed by atoms with E-state index < -0.39 is 17.9 Å². The maximum absolute atomic E-state index is 11.9. The number of nitrogens with two attached hydrogens (primary N) is 1. The van der Waals surface area contributed by atoms with Gasteiger partial charge in [0.15, 0.2) is 11.6 Å². The molecule has 21 heavy (non-hydrogen) atoms. The summed E-state index contributed by atoms with van der Waals surface area (Å²) in [5.41, 5.74) is 4.58. The summed E-state index contributed by atoms with van der Waals surface area (Å²) in [5, 5.41) is 11.5. The largest absolute Gasteiger partial charge is 0.480 e. The maximum atomic E-state index is 11.9. The molecule has 1 amide bonds. The molecule has 0 saturated heterocycles. The SMILES string of the molecule is CC1(C)CC(=O)C(=CN[C@@H](CCC(N)=O)C(=O)O)C(=O)C1. The van der Waals surface area contributed by atoms with Gasteiger partial charge in [-0.15, -0.1) is 0 Å². The molecule has 0 radical (unpaired) electrons. The van der Waals surface area contributed by atoms with Gasteiger partial charge in [0.25, 0.3) is 0 Å². The standard InChI is InChI=1S/C14H20N2O5/c1-14(2)5-10(17)8(11(18)6-14)7-16-9(13(20)21)3-4-12(15)19/h7,9,16H,3-6H2,1-2H3,(H2,15,19)(H,20,21)/t9-/m0/s1. The van der Waals surface area contributed by atoms with Gasteiger partial charge in [-0.25, -0.2) is 4.79 Å². The lowest BCUT2D eigenvalue weighted by Crippen LogP contribution is -2.37. The first-order valence-electron chi connectivity index (χ1n) is 6.66. The van der Waals surface area contributed by atoms with E-state index >= 15 is 0 Å². The molecule has 1 aliphatic rings. The first-order chi connectivity index (χ1) is 9.62. The fraction of sp³-hybridized carbons (Fsp3) is 0.571. The highest BCUT2D eigenvalue weighted by Gasteiger charge is 2.35. The third-order valence-electron chi connectivity index (χ3n) is 3.29. The molecule has 4 N–H and O–H groups in total. The Bertz CT molecular complexity index is 485. The first kappa shape index (κ1) is 16.9. The summed E-state index contributed by atoms with van der Waals surface area (Å²) in [7, 11) is 0. The lowest BCUT2D eigenvalue weighted by molar-refractivity contribution is -0.139. The summed E-state index contributed by atoms with van der Waals surface area (Å²) in [6, 6.07) is -1.07. The lowest BCUT2D eigenvalue weighted by atomic mass is 9.74. The highest BCUT2D eigenvalue weighted by atomic mass is 16.4. The fourth-order valence-electron chi connectivity index (χ4n) is 2.19. The molecule has 0 heterocycles. The van der Waals surface area contributed by atoms with Crippen LogP contribution in [0.1, 0.15) is 39.5 Å². The quantitative estimate of drug-likeness (QED) is 0.472. The Labute approximate surface area is 122 Å². The van der Waals surface area contributed by atoms with Gasteiger partial charge < -0.3 is 16.2 Å². The Hall–Kier alpha value is -2.18. The highest BCUT2D eigenvalue weighted by Crippen LogP contribution is 2.33. The van der Waals surface area contributed by atoms with Crippen molar-refractivity contribution >= 4 is 23.4 Å². The Balaban J connectivity index is 2.77. The van der Waals surface area contributed by atoms with Gasteiger partial charge in [-0.3, -0.25) is 14.4 Å². The molecule has 0 aromatic rings. The molecule has 0 bridgehead atoms. The van der Waals surface area contributed by atoms with Crippen LogP contribution in [0.3, 0.4) is 0 Å². The second kappa shape index (κ2) is 6.51. The second-order valence-electron chi connectivity index (χ2n) is 5.98. The molecule has 0 unspecified atom stereocenters. The second-order valence-corrected chi connectivity index (χ2v) is 5.98. The van der Waals surface area contributed by atoms with Gasteiger partial charge in [-0.2, -0.15) is 0 Å². The molecule has 116 valence electrons. The van der Waals surface area contributed by atoms with Crippen LogP contribution in [0.15, 0.2) is 11.8 Å². The van der Waals surface area contributed by atoms with Crippen LogP contribution in [0.2, 0.25) is 0 Å². The van der Waals surface area contributed by atoms with Crippen molar-refractivity contribution in [2.45, 2.75) is 45.6 Å². The summed E-state index contributed by atoms with van der Waals surface area (Å²) >= 11 is 0. The number of hydrogen-bond acceptors (Lipinski definition) is 5. The van der Waals surface area contributed by atoms with Gasteiger partial charge in [0, 0.05) is 25.5 Å². The van der Waals surface area contributed by atoms with E-state index in [1.807, 2.05) is 13.8 Å². The molecule has 7 heteroatoms. The molecule has 0 spiro atoms. The minimum absolute atomic E-state index is 0.0116. The minimum Gasteiger partial charge on any atom is -0.480 e. The molecular weight excluding hydrogens is 276 g/mol. The van der Waals surface area contributed by atoms with E-state index in [1.54, 1.807) is 0 Å². The molecule has 0 aliphatic heterocycles. The van der Waals surface area contributed by atoms with Crippen molar-refractivity contribution in [1.82, 2.24) is 5.32 Å². The zero-order valence-corrected chi connectivity index (χ0v) is 12.1. The number of carboxylic acids is 1. The third-order valence-corrected chi connectivity index (χ3v) is 3.29. The fourth-order valence-corrected chi connectivity index (χ4v) is 2.19. The van der Waals surface area contributed by atoms with Gasteiger partial charge in [0.1, 0.15) is 6.04 Å². The number of carboxylic acid groups (broad SMARTS) is 1. The van der Waals surface area contributed by atoms with E-state index in [0.717, 1.165) is 6.20 Å². The zero-order chi connectivity index (χ0) is 16.2. The molecule has 1 atom stereocenters. The van der Waals surface area contributed by atoms with Crippen molar-refractivity contribution in [1.29, 1.82) is 0 Å². The average Bonchev–Trinajstić information content (AvgIpc) is 2.29. The van der Waals surface area contributed by atoms with Crippen LogP contribution >= 0.6 is 0 Å². The van der Waals surface area contributed by atoms with E-state index in [-0.39, 0.29) is 48.2 Å². The molecule has 7 nitrogen and oxygen atoms in total. The van der Waals surface area contributed by atoms with Crippen LogP contribution in [-0.2, 0) is 19.2 Å². The number of rotatable bonds is 6. The van der Waals surface area contributed by atoms with Crippen LogP contribution in [0, 0.1) is 5.41 Å². The number of carbonyl (C=O) groups is 4. The molecular formula is C14H20N2O5. The number of amides is 1. The first-order valence-corrected chi connectivity index (χ1v) is 6.66. The van der Waals surface area contributed by atoms with Crippen molar-refractivity contribution in [3.05, 3.63) is 11.8 Å². The Kier molecular flexibility index (Phi) is 5.23. The van der Waals surface area contributed by atoms with E-state index in [9.17, 15) is 19.2 Å². The topological polar surface area (TPSA) is 127 Å². The van der Waals surface area contributed by atoms with Gasteiger partial charge >= 0.3 is 5.97 Å². The number of hydrogen-bond donors (Lipinski definition) is 3. The molecule has 1 fully saturated rings. The van der Waals surface area contributed by atoms with Crippen molar-refractivity contribution in [2.75, 3.05) is 0 Å². The summed E-state index contributed by atoms with van der Waals surface area (Å²) in [5.74, 6) is -2.39. The van der Waals surface area contributed by atoms with Crippen molar-refractivity contribution in [3.8, 4) is 0 Å². The van der Waals surface area contributed by atoms with Gasteiger partial charge in [0.2, 0.25) is 5.91 Å². The number of Topliss-reactive ketones (excluding diaryl/α,β-unsaturated/α-hetero) is 2. The Morgan fingerprint density at radius 3 is 2.29 bits per heavy atom. The third kappa shape index (κ3) is 5.02. The predicted octanol–water partition coefficient (Wildman–Crippen LogP) is 0.137. The Morgan fingerprint density at radius 1 is 1.33 bits per heavy atom. The Morgan fingerprint density at radius 2 is 1.86 bits per heavy atom. The van der Waals surface area contributed by atoms with Gasteiger partial charge in [0.05, 0.1) is 5.57 Å². The van der Waals surface area contributed by atoms with E-state index in [1.165, 1.54) is 0 Å². The number of aliphatic carboxylic acids is 1. The number of primary amides is 1. The number of ketones is 2. The smallest absolute Gasteiger partial charge is 0.326 e. The van der Waals surface area contributed by atoms with Crippen molar-refractivity contribution in [2.24, 2.45) is 11.1 Å². The maximum Gasteiger partial charge on any atom is 0.326 e. The minimum atomic E-state index is -1.18. The summed E-state index contributed by atoms with van der Waals surface area (Å²) in [4.78, 5) is 45.6. The van der Waals surface area contributed by atoms with E-state index in [4.69, 9.17) is 10.8 Å². The summed E-state index contributed by atoms with van der Waals surface area (Å²) in [6.45, 7) is 3.67. The predicted molar refractivity (Wildman–Crippen MR) is 74.1 cm³/mol. The highest BCUT2D eigenvalue weighted by molar-refractivity contribution is 6.22. The summed E-state index contributed by atoms with van der Waals surface area (Å²) in [6.07, 6.45) is 1.53. The van der Waals surface area contributed by atoms with Gasteiger partial charge in [-0.1, -0.05) is 13.8 Å². The van der Waals surface area contributed by atoms with Crippen molar-refractivity contribution < 1.29 is 24.3 Å². The number of allylic oxidation sites excluding steroid dienone is 1. The molecule has 1 saturated carbocycles. The van der Waals surface area contributed by atoms with E-state index in [2.05, 4.69) is 5.32 Å². The van der Waals surface area contributed by atoms with Crippen LogP contribution < -0.4 is 11.1 Å². The number of carbonyl (C=O) groups excluding carboxylic acids is 3. The molecule has 1 aliphatic carbocycles. The van der Waals surface area contributed by atoms with E-state index in [0.29, 0.717) is 0 Å². The van der Waals surface area contributed by atoms with Crippen molar-refractivity contribution in [3.63, 3.8) is 0 Å². The van der Waals surface area contributed by atoms with Crippen LogP contribution in [-0.4, -0.2) is 34.6 Å². The zero-order valence-electron chi connectivity index (χ0n) is 12.1. The van der Waals surface area contributed by atoms with Gasteiger partial charge in [-0.05, 0) is 11.8 Å². The summed E-state index contributed by atoms with van der Waals surface area (Å²) < 4.78 is 0. The number of nitrogens with one attached hydrogen (secondary N) is 1. The molecule has 1 rings (SSSR count). The molecule has 0 aromatic heterocycles. The monoisotopic (exact) mass is 296 g/mol. The molecule has 0 aromatic carbocycles. The normalized spacial score (nSPS) is 19.0. The van der Waals surface area contributed by atoms with Crippen LogP contribution in [0.4, 0.5) is 0 Å². The average molecular weight is 296 g/mol. The van der Waals surface area contributed by atoms with Crippen LogP contribution in [0.5, 0.6) is 0 Å². The van der Waals surface area contributed by atoms with Crippen LogP contribution in [0.25, 0.3) is 0 Å².